The molecule has 0 aliphatic carbocycles. The lowest BCUT2D eigenvalue weighted by molar-refractivity contribution is 0.374. The first-order chi connectivity index (χ1) is 10.6. The van der Waals surface area contributed by atoms with Gasteiger partial charge in [0, 0.05) is 17.6 Å². The zero-order valence-electron chi connectivity index (χ0n) is 12.1. The molecule has 0 unspecified atom stereocenters. The molecule has 3 rings (SSSR count). The van der Waals surface area contributed by atoms with E-state index in [1.807, 2.05) is 6.92 Å². The molecule has 0 radical (unpaired) electrons. The summed E-state index contributed by atoms with van der Waals surface area (Å²) in [5, 5.41) is 13.3. The van der Waals surface area contributed by atoms with Gasteiger partial charge in [0.15, 0.2) is 11.5 Å². The first kappa shape index (κ1) is 14.1. The third-order valence-electron chi connectivity index (χ3n) is 3.25. The standard InChI is InChI=1S/C16H14FN3O2/c1-9-3-4-12(11(17)5-9)19-16-18-8-10-6-15(22-2)14(21)7-13(10)20-16/h3-8,21H,1-2H3,(H,18,19,20). The molecule has 3 aromatic rings. The van der Waals surface area contributed by atoms with E-state index in [9.17, 15) is 9.50 Å². The number of hydrogen-bond acceptors (Lipinski definition) is 5. The highest BCUT2D eigenvalue weighted by atomic mass is 19.1. The van der Waals surface area contributed by atoms with Crippen molar-refractivity contribution in [3.8, 4) is 11.5 Å². The van der Waals surface area contributed by atoms with Crippen LogP contribution in [0.2, 0.25) is 0 Å². The minimum absolute atomic E-state index is 0.0128. The summed E-state index contributed by atoms with van der Waals surface area (Å²) in [4.78, 5) is 8.41. The van der Waals surface area contributed by atoms with Gasteiger partial charge < -0.3 is 15.2 Å². The summed E-state index contributed by atoms with van der Waals surface area (Å²) < 4.78 is 18.9. The molecule has 0 atom stereocenters. The second kappa shape index (κ2) is 5.48. The van der Waals surface area contributed by atoms with E-state index in [-0.39, 0.29) is 17.5 Å². The fourth-order valence-corrected chi connectivity index (χ4v) is 2.11. The molecule has 6 heteroatoms. The minimum atomic E-state index is -0.374. The van der Waals surface area contributed by atoms with Crippen molar-refractivity contribution in [1.29, 1.82) is 0 Å². The van der Waals surface area contributed by atoms with Crippen LogP contribution in [0.15, 0.2) is 36.5 Å². The van der Waals surface area contributed by atoms with Crippen LogP contribution in [0, 0.1) is 12.7 Å². The van der Waals surface area contributed by atoms with Crippen LogP contribution in [0.5, 0.6) is 11.5 Å². The highest BCUT2D eigenvalue weighted by molar-refractivity contribution is 5.83. The molecule has 0 saturated carbocycles. The molecule has 2 aromatic carbocycles. The number of phenolic OH excluding ortho intramolecular Hbond substituents is 1. The first-order valence-corrected chi connectivity index (χ1v) is 6.64. The van der Waals surface area contributed by atoms with Gasteiger partial charge in [0.1, 0.15) is 5.82 Å². The van der Waals surface area contributed by atoms with Crippen molar-refractivity contribution in [2.75, 3.05) is 12.4 Å². The summed E-state index contributed by atoms with van der Waals surface area (Å²) in [6, 6.07) is 7.97. The number of aromatic nitrogens is 2. The molecule has 0 bridgehead atoms. The maximum Gasteiger partial charge on any atom is 0.227 e. The lowest BCUT2D eigenvalue weighted by Crippen LogP contribution is -1.99. The minimum Gasteiger partial charge on any atom is -0.504 e. The topological polar surface area (TPSA) is 67.3 Å². The normalized spacial score (nSPS) is 10.7. The Balaban J connectivity index is 1.98. The van der Waals surface area contributed by atoms with Gasteiger partial charge in [0.05, 0.1) is 18.3 Å². The number of phenols is 1. The second-order valence-corrected chi connectivity index (χ2v) is 4.88. The van der Waals surface area contributed by atoms with E-state index >= 15 is 0 Å². The number of nitrogens with zero attached hydrogens (tertiary/aromatic N) is 2. The third kappa shape index (κ3) is 2.63. The van der Waals surface area contributed by atoms with Crippen molar-refractivity contribution in [2.45, 2.75) is 6.92 Å². The van der Waals surface area contributed by atoms with Crippen LogP contribution in [0.3, 0.4) is 0 Å². The Labute approximate surface area is 126 Å². The summed E-state index contributed by atoms with van der Waals surface area (Å²) in [7, 11) is 1.47. The van der Waals surface area contributed by atoms with E-state index in [1.54, 1.807) is 24.4 Å². The predicted molar refractivity (Wildman–Crippen MR) is 82.2 cm³/mol. The average molecular weight is 299 g/mol. The Hall–Kier alpha value is -2.89. The molecule has 0 aliphatic heterocycles. The number of anilines is 2. The van der Waals surface area contributed by atoms with Gasteiger partial charge >= 0.3 is 0 Å². The summed E-state index contributed by atoms with van der Waals surface area (Å²) in [6.07, 6.45) is 1.58. The summed E-state index contributed by atoms with van der Waals surface area (Å²) in [5.41, 5.74) is 1.66. The highest BCUT2D eigenvalue weighted by Crippen LogP contribution is 2.30. The van der Waals surface area contributed by atoms with Crippen LogP contribution >= 0.6 is 0 Å². The second-order valence-electron chi connectivity index (χ2n) is 4.88. The van der Waals surface area contributed by atoms with Crippen LogP contribution < -0.4 is 10.1 Å². The van der Waals surface area contributed by atoms with Gasteiger partial charge in [-0.05, 0) is 30.7 Å². The molecule has 2 N–H and O–H groups in total. The van der Waals surface area contributed by atoms with Crippen LogP contribution in [-0.4, -0.2) is 22.2 Å². The van der Waals surface area contributed by atoms with E-state index in [0.717, 1.165) is 5.56 Å². The average Bonchev–Trinajstić information content (AvgIpc) is 2.49. The van der Waals surface area contributed by atoms with E-state index in [2.05, 4.69) is 15.3 Å². The van der Waals surface area contributed by atoms with Gasteiger partial charge in [-0.2, -0.15) is 0 Å². The Morgan fingerprint density at radius 2 is 2.05 bits per heavy atom. The summed E-state index contributed by atoms with van der Waals surface area (Å²) in [5.74, 6) is 0.212. The van der Waals surface area contributed by atoms with Crippen molar-refractivity contribution in [3.05, 3.63) is 47.9 Å². The van der Waals surface area contributed by atoms with Gasteiger partial charge in [-0.25, -0.2) is 14.4 Å². The number of halogens is 1. The molecule has 22 heavy (non-hydrogen) atoms. The quantitative estimate of drug-likeness (QED) is 0.774. The lowest BCUT2D eigenvalue weighted by Gasteiger charge is -2.09. The van der Waals surface area contributed by atoms with Gasteiger partial charge in [-0.1, -0.05) is 6.07 Å². The number of benzene rings is 2. The number of nitrogens with one attached hydrogen (secondary N) is 1. The Morgan fingerprint density at radius 3 is 2.77 bits per heavy atom. The molecular weight excluding hydrogens is 285 g/mol. The van der Waals surface area contributed by atoms with Crippen LogP contribution in [0.1, 0.15) is 5.56 Å². The van der Waals surface area contributed by atoms with Crippen molar-refractivity contribution in [2.24, 2.45) is 0 Å². The zero-order valence-corrected chi connectivity index (χ0v) is 12.1. The first-order valence-electron chi connectivity index (χ1n) is 6.64. The molecule has 0 spiro atoms. The molecule has 0 amide bonds. The fraction of sp³-hybridized carbons (Fsp3) is 0.125. The molecule has 0 fully saturated rings. The van der Waals surface area contributed by atoms with E-state index in [4.69, 9.17) is 4.74 Å². The molecule has 1 heterocycles. The number of ether oxygens (including phenoxy) is 1. The van der Waals surface area contributed by atoms with Crippen molar-refractivity contribution < 1.29 is 14.2 Å². The van der Waals surface area contributed by atoms with Gasteiger partial charge in [0.25, 0.3) is 0 Å². The predicted octanol–water partition coefficient (Wildman–Crippen LogP) is 3.54. The van der Waals surface area contributed by atoms with Gasteiger partial charge in [-0.3, -0.25) is 0 Å². The highest BCUT2D eigenvalue weighted by Gasteiger charge is 2.08. The largest absolute Gasteiger partial charge is 0.504 e. The van der Waals surface area contributed by atoms with Gasteiger partial charge in [0.2, 0.25) is 5.95 Å². The summed E-state index contributed by atoms with van der Waals surface area (Å²) in [6.45, 7) is 1.82. The smallest absolute Gasteiger partial charge is 0.227 e. The van der Waals surface area contributed by atoms with Gasteiger partial charge in [-0.15, -0.1) is 0 Å². The molecule has 0 saturated heterocycles. The molecular formula is C16H14FN3O2. The maximum absolute atomic E-state index is 13.8. The maximum atomic E-state index is 13.8. The van der Waals surface area contributed by atoms with Crippen molar-refractivity contribution >= 4 is 22.5 Å². The van der Waals surface area contributed by atoms with E-state index in [0.29, 0.717) is 22.3 Å². The fourth-order valence-electron chi connectivity index (χ4n) is 2.11. The van der Waals surface area contributed by atoms with Crippen molar-refractivity contribution in [3.63, 3.8) is 0 Å². The van der Waals surface area contributed by atoms with Crippen LogP contribution in [0.4, 0.5) is 16.0 Å². The Morgan fingerprint density at radius 1 is 1.23 bits per heavy atom. The number of aryl methyl sites for hydroxylation is 1. The number of hydrogen-bond donors (Lipinski definition) is 2. The molecule has 0 aliphatic rings. The number of aromatic hydroxyl groups is 1. The number of fused-ring (bicyclic) bond motifs is 1. The molecule has 112 valence electrons. The van der Waals surface area contributed by atoms with E-state index < -0.39 is 0 Å². The van der Waals surface area contributed by atoms with Crippen LogP contribution in [0.25, 0.3) is 10.9 Å². The lowest BCUT2D eigenvalue weighted by atomic mass is 10.2. The van der Waals surface area contributed by atoms with Crippen LogP contribution in [-0.2, 0) is 0 Å². The Kier molecular flexibility index (Phi) is 3.50. The van der Waals surface area contributed by atoms with E-state index in [1.165, 1.54) is 19.2 Å². The summed E-state index contributed by atoms with van der Waals surface area (Å²) >= 11 is 0. The SMILES string of the molecule is COc1cc2cnc(Nc3ccc(C)cc3F)nc2cc1O. The monoisotopic (exact) mass is 299 g/mol. The third-order valence-corrected chi connectivity index (χ3v) is 3.25. The molecule has 5 nitrogen and oxygen atoms in total. The zero-order chi connectivity index (χ0) is 15.7. The number of rotatable bonds is 3. The molecule has 1 aromatic heterocycles. The number of methoxy groups -OCH3 is 1. The Bertz CT molecular complexity index is 852. The van der Waals surface area contributed by atoms with Crippen molar-refractivity contribution in [1.82, 2.24) is 9.97 Å².